The summed E-state index contributed by atoms with van der Waals surface area (Å²) in [5.41, 5.74) is 0.219. The third-order valence-corrected chi connectivity index (χ3v) is 9.95. The molecule has 4 saturated carbocycles. The second-order valence-electron chi connectivity index (χ2n) is 10.8. The van der Waals surface area contributed by atoms with E-state index in [-0.39, 0.29) is 28.5 Å². The number of fused-ring (bicyclic) bond motifs is 5. The van der Waals surface area contributed by atoms with E-state index in [1.807, 2.05) is 6.07 Å². The van der Waals surface area contributed by atoms with Gasteiger partial charge in [0.1, 0.15) is 0 Å². The first-order valence-electron chi connectivity index (χ1n) is 11.3. The summed E-state index contributed by atoms with van der Waals surface area (Å²) in [6.45, 7) is 4.73. The van der Waals surface area contributed by atoms with Crippen LogP contribution in [0.25, 0.3) is 0 Å². The lowest BCUT2D eigenvalue weighted by atomic mass is 9.43. The van der Waals surface area contributed by atoms with Crippen molar-refractivity contribution in [3.63, 3.8) is 0 Å². The van der Waals surface area contributed by atoms with Crippen molar-refractivity contribution in [1.29, 1.82) is 0 Å². The average molecular weight is 387 g/mol. The minimum absolute atomic E-state index is 0.129. The Labute approximate surface area is 167 Å². The predicted octanol–water partition coefficient (Wildman–Crippen LogP) is 4.24. The lowest BCUT2D eigenvalue weighted by Crippen LogP contribution is -2.62. The molecule has 0 radical (unpaired) electrons. The standard InChI is InChI=1S/C24H34O4/c1-22-10-7-17(25)13-16(22)4-5-20-19(22)8-11-23(2)18(9-12-24(20,23)27)15-3-6-21(26)28-14-15/h3,6,14,16-20,25,27H,4-5,7-13H2,1-2H3/t16?,17?,18-,19+,20-,22+,23-,24+/m1/s1. The molecule has 0 bridgehead atoms. The van der Waals surface area contributed by atoms with Gasteiger partial charge in [-0.15, -0.1) is 0 Å². The molecule has 2 unspecified atom stereocenters. The first kappa shape index (κ1) is 18.9. The number of hydrogen-bond acceptors (Lipinski definition) is 4. The van der Waals surface area contributed by atoms with Crippen molar-refractivity contribution in [2.24, 2.45) is 28.6 Å². The number of hydrogen-bond donors (Lipinski definition) is 2. The van der Waals surface area contributed by atoms with Crippen molar-refractivity contribution in [2.75, 3.05) is 0 Å². The molecule has 4 heteroatoms. The van der Waals surface area contributed by atoms with Crippen LogP contribution in [-0.4, -0.2) is 21.9 Å². The Morgan fingerprint density at radius 1 is 1.00 bits per heavy atom. The minimum Gasteiger partial charge on any atom is -0.431 e. The van der Waals surface area contributed by atoms with Crippen LogP contribution in [0.3, 0.4) is 0 Å². The molecule has 0 aliphatic heterocycles. The van der Waals surface area contributed by atoms with Crippen LogP contribution in [0.5, 0.6) is 0 Å². The summed E-state index contributed by atoms with van der Waals surface area (Å²) in [5.74, 6) is 1.76. The SMILES string of the molecule is C[C@]12CCC(O)CC1CC[C@@H]1[C@@H]2CC[C@]2(C)[C@@H](c3ccc(=O)oc3)CC[C@]12O. The Morgan fingerprint density at radius 3 is 2.57 bits per heavy atom. The highest BCUT2D eigenvalue weighted by atomic mass is 16.4. The maximum Gasteiger partial charge on any atom is 0.335 e. The van der Waals surface area contributed by atoms with Crippen molar-refractivity contribution < 1.29 is 14.6 Å². The molecule has 4 aliphatic carbocycles. The zero-order chi connectivity index (χ0) is 19.7. The van der Waals surface area contributed by atoms with E-state index in [2.05, 4.69) is 13.8 Å². The van der Waals surface area contributed by atoms with E-state index in [4.69, 9.17) is 4.42 Å². The predicted molar refractivity (Wildman–Crippen MR) is 107 cm³/mol. The largest absolute Gasteiger partial charge is 0.431 e. The monoisotopic (exact) mass is 386 g/mol. The molecule has 5 rings (SSSR count). The normalized spacial score (nSPS) is 50.5. The molecular formula is C24H34O4. The van der Waals surface area contributed by atoms with E-state index in [9.17, 15) is 15.0 Å². The zero-order valence-electron chi connectivity index (χ0n) is 17.2. The molecule has 4 nitrogen and oxygen atoms in total. The van der Waals surface area contributed by atoms with E-state index >= 15 is 0 Å². The Balaban J connectivity index is 1.48. The number of rotatable bonds is 1. The summed E-state index contributed by atoms with van der Waals surface area (Å²) in [4.78, 5) is 11.4. The van der Waals surface area contributed by atoms with Crippen molar-refractivity contribution in [1.82, 2.24) is 0 Å². The molecule has 4 aliphatic rings. The van der Waals surface area contributed by atoms with Crippen molar-refractivity contribution in [3.05, 3.63) is 34.4 Å². The first-order valence-corrected chi connectivity index (χ1v) is 11.3. The van der Waals surface area contributed by atoms with Crippen LogP contribution in [-0.2, 0) is 0 Å². The van der Waals surface area contributed by atoms with Crippen LogP contribution in [0.4, 0.5) is 0 Å². The summed E-state index contributed by atoms with van der Waals surface area (Å²) >= 11 is 0. The van der Waals surface area contributed by atoms with Gasteiger partial charge in [0.25, 0.3) is 0 Å². The molecule has 1 aromatic rings. The fourth-order valence-corrected chi connectivity index (χ4v) is 8.30. The van der Waals surface area contributed by atoms with Crippen LogP contribution in [0.15, 0.2) is 27.6 Å². The molecule has 0 spiro atoms. The Hall–Kier alpha value is -1.13. The van der Waals surface area contributed by atoms with Gasteiger partial charge >= 0.3 is 5.63 Å². The molecule has 0 aromatic carbocycles. The van der Waals surface area contributed by atoms with E-state index in [0.717, 1.165) is 56.9 Å². The summed E-state index contributed by atoms with van der Waals surface area (Å²) < 4.78 is 5.17. The zero-order valence-corrected chi connectivity index (χ0v) is 17.2. The Bertz CT molecular complexity index is 797. The van der Waals surface area contributed by atoms with Crippen LogP contribution in [0, 0.1) is 28.6 Å². The molecule has 1 aromatic heterocycles. The highest BCUT2D eigenvalue weighted by Crippen LogP contribution is 2.70. The third-order valence-electron chi connectivity index (χ3n) is 9.95. The van der Waals surface area contributed by atoms with Crippen molar-refractivity contribution in [2.45, 2.75) is 89.3 Å². The lowest BCUT2D eigenvalue weighted by Gasteiger charge is -2.63. The molecular weight excluding hydrogens is 352 g/mol. The van der Waals surface area contributed by atoms with Gasteiger partial charge in [0, 0.05) is 11.5 Å². The molecule has 4 fully saturated rings. The lowest BCUT2D eigenvalue weighted by molar-refractivity contribution is -0.205. The van der Waals surface area contributed by atoms with Crippen molar-refractivity contribution >= 4 is 0 Å². The summed E-state index contributed by atoms with van der Waals surface area (Å²) in [6.07, 6.45) is 10.7. The molecule has 0 amide bonds. The smallest absolute Gasteiger partial charge is 0.335 e. The fourth-order valence-electron chi connectivity index (χ4n) is 8.30. The average Bonchev–Trinajstić information content (AvgIpc) is 2.95. The van der Waals surface area contributed by atoms with E-state index in [1.54, 1.807) is 6.26 Å². The topological polar surface area (TPSA) is 70.7 Å². The first-order chi connectivity index (χ1) is 13.3. The summed E-state index contributed by atoms with van der Waals surface area (Å²) in [7, 11) is 0. The van der Waals surface area contributed by atoms with E-state index < -0.39 is 5.60 Å². The Kier molecular flexibility index (Phi) is 4.17. The molecule has 0 saturated heterocycles. The fraction of sp³-hybridized carbons (Fsp3) is 0.792. The molecule has 1 heterocycles. The van der Waals surface area contributed by atoms with Gasteiger partial charge in [-0.1, -0.05) is 13.8 Å². The second kappa shape index (κ2) is 6.18. The highest BCUT2D eigenvalue weighted by Gasteiger charge is 2.67. The minimum atomic E-state index is -0.638. The van der Waals surface area contributed by atoms with Gasteiger partial charge in [0.15, 0.2) is 0 Å². The molecule has 154 valence electrons. The van der Waals surface area contributed by atoms with Gasteiger partial charge in [-0.2, -0.15) is 0 Å². The highest BCUT2D eigenvalue weighted by molar-refractivity contribution is 5.27. The Morgan fingerprint density at radius 2 is 1.82 bits per heavy atom. The van der Waals surface area contributed by atoms with Crippen LogP contribution in [0.2, 0.25) is 0 Å². The van der Waals surface area contributed by atoms with E-state index in [0.29, 0.717) is 17.8 Å². The summed E-state index contributed by atoms with van der Waals surface area (Å²) in [5, 5.41) is 22.4. The molecule has 8 atom stereocenters. The van der Waals surface area contributed by atoms with Gasteiger partial charge in [0.2, 0.25) is 0 Å². The van der Waals surface area contributed by atoms with Gasteiger partial charge < -0.3 is 14.6 Å². The molecule has 28 heavy (non-hydrogen) atoms. The van der Waals surface area contributed by atoms with Gasteiger partial charge in [-0.05, 0) is 98.5 Å². The number of aliphatic hydroxyl groups is 2. The second-order valence-corrected chi connectivity index (χ2v) is 10.8. The van der Waals surface area contributed by atoms with Crippen molar-refractivity contribution in [3.8, 4) is 0 Å². The van der Waals surface area contributed by atoms with Gasteiger partial charge in [-0.25, -0.2) is 4.79 Å². The maximum atomic E-state index is 12.2. The molecule has 2 N–H and O–H groups in total. The van der Waals surface area contributed by atoms with Crippen LogP contribution >= 0.6 is 0 Å². The maximum absolute atomic E-state index is 12.2. The quantitative estimate of drug-likeness (QED) is 0.757. The van der Waals surface area contributed by atoms with Gasteiger partial charge in [-0.3, -0.25) is 0 Å². The van der Waals surface area contributed by atoms with Crippen LogP contribution in [0.1, 0.15) is 83.1 Å². The number of aliphatic hydroxyl groups excluding tert-OH is 1. The van der Waals surface area contributed by atoms with Crippen LogP contribution < -0.4 is 5.63 Å². The summed E-state index contributed by atoms with van der Waals surface area (Å²) in [6, 6.07) is 3.42. The van der Waals surface area contributed by atoms with E-state index in [1.165, 1.54) is 12.5 Å². The van der Waals surface area contributed by atoms with Gasteiger partial charge in [0.05, 0.1) is 18.0 Å². The third kappa shape index (κ3) is 2.40.